The third-order valence-corrected chi connectivity index (χ3v) is 3.91. The predicted octanol–water partition coefficient (Wildman–Crippen LogP) is 2.35. The second-order valence-corrected chi connectivity index (χ2v) is 5.92. The van der Waals surface area contributed by atoms with Crippen molar-refractivity contribution in [3.05, 3.63) is 54.1 Å². The SMILES string of the molecule is CC(Cc1ccccc1)C(=O)NCC(=O)Nc1ccc2c(c1)OCO2. The van der Waals surface area contributed by atoms with Gasteiger partial charge in [0, 0.05) is 17.7 Å². The quantitative estimate of drug-likeness (QED) is 0.846. The largest absolute Gasteiger partial charge is 0.454 e. The number of carbonyl (C=O) groups excluding carboxylic acids is 2. The number of anilines is 1. The number of carbonyl (C=O) groups is 2. The number of fused-ring (bicyclic) bond motifs is 1. The Kier molecular flexibility index (Phi) is 5.18. The van der Waals surface area contributed by atoms with Gasteiger partial charge in [-0.3, -0.25) is 9.59 Å². The van der Waals surface area contributed by atoms with Gasteiger partial charge in [0.15, 0.2) is 11.5 Å². The van der Waals surface area contributed by atoms with Crippen molar-refractivity contribution in [2.45, 2.75) is 13.3 Å². The van der Waals surface area contributed by atoms with E-state index >= 15 is 0 Å². The van der Waals surface area contributed by atoms with E-state index in [9.17, 15) is 9.59 Å². The first-order valence-corrected chi connectivity index (χ1v) is 8.13. The molecule has 1 atom stereocenters. The fourth-order valence-corrected chi connectivity index (χ4v) is 2.58. The van der Waals surface area contributed by atoms with Crippen LogP contribution < -0.4 is 20.1 Å². The highest BCUT2D eigenvalue weighted by Gasteiger charge is 2.16. The summed E-state index contributed by atoms with van der Waals surface area (Å²) in [5.74, 6) is 0.601. The predicted molar refractivity (Wildman–Crippen MR) is 93.5 cm³/mol. The lowest BCUT2D eigenvalue weighted by Crippen LogP contribution is -2.36. The van der Waals surface area contributed by atoms with Gasteiger partial charge in [-0.25, -0.2) is 0 Å². The molecule has 2 aromatic carbocycles. The summed E-state index contributed by atoms with van der Waals surface area (Å²) >= 11 is 0. The van der Waals surface area contributed by atoms with Gasteiger partial charge in [-0.1, -0.05) is 37.3 Å². The van der Waals surface area contributed by atoms with Gasteiger partial charge in [0.2, 0.25) is 18.6 Å². The van der Waals surface area contributed by atoms with Crippen molar-refractivity contribution >= 4 is 17.5 Å². The Morgan fingerprint density at radius 2 is 1.84 bits per heavy atom. The van der Waals surface area contributed by atoms with Gasteiger partial charge in [-0.15, -0.1) is 0 Å². The highest BCUT2D eigenvalue weighted by molar-refractivity contribution is 5.95. The zero-order chi connectivity index (χ0) is 17.6. The van der Waals surface area contributed by atoms with Crippen molar-refractivity contribution in [3.8, 4) is 11.5 Å². The van der Waals surface area contributed by atoms with Crippen LogP contribution in [0.5, 0.6) is 11.5 Å². The van der Waals surface area contributed by atoms with Crippen LogP contribution in [-0.4, -0.2) is 25.2 Å². The first-order chi connectivity index (χ1) is 12.1. The summed E-state index contributed by atoms with van der Waals surface area (Å²) in [6.45, 7) is 1.95. The number of ether oxygens (including phenoxy) is 2. The molecule has 3 rings (SSSR count). The monoisotopic (exact) mass is 340 g/mol. The molecule has 6 nitrogen and oxygen atoms in total. The van der Waals surface area contributed by atoms with E-state index in [1.165, 1.54) is 0 Å². The Morgan fingerprint density at radius 1 is 1.08 bits per heavy atom. The van der Waals surface area contributed by atoms with Gasteiger partial charge in [0.25, 0.3) is 0 Å². The summed E-state index contributed by atoms with van der Waals surface area (Å²) in [4.78, 5) is 24.1. The average molecular weight is 340 g/mol. The molecule has 1 unspecified atom stereocenters. The van der Waals surface area contributed by atoms with E-state index in [0.717, 1.165) is 5.56 Å². The Bertz CT molecular complexity index is 761. The summed E-state index contributed by atoms with van der Waals surface area (Å²) in [6, 6.07) is 14.9. The molecule has 0 spiro atoms. The molecule has 0 aromatic heterocycles. The maximum atomic E-state index is 12.1. The first kappa shape index (κ1) is 16.8. The Hall–Kier alpha value is -3.02. The Labute approximate surface area is 146 Å². The van der Waals surface area contributed by atoms with Gasteiger partial charge >= 0.3 is 0 Å². The van der Waals surface area contributed by atoms with E-state index in [1.807, 2.05) is 37.3 Å². The van der Waals surface area contributed by atoms with E-state index < -0.39 is 0 Å². The molecular weight excluding hydrogens is 320 g/mol. The van der Waals surface area contributed by atoms with E-state index in [1.54, 1.807) is 18.2 Å². The number of hydrogen-bond acceptors (Lipinski definition) is 4. The molecule has 0 fully saturated rings. The normalized spacial score (nSPS) is 13.2. The highest BCUT2D eigenvalue weighted by atomic mass is 16.7. The van der Waals surface area contributed by atoms with Gasteiger partial charge in [-0.2, -0.15) is 0 Å². The van der Waals surface area contributed by atoms with Crippen LogP contribution in [0.2, 0.25) is 0 Å². The number of rotatable bonds is 6. The summed E-state index contributed by atoms with van der Waals surface area (Å²) in [5, 5.41) is 5.39. The van der Waals surface area contributed by atoms with Crippen LogP contribution in [-0.2, 0) is 16.0 Å². The van der Waals surface area contributed by atoms with Gasteiger partial charge in [-0.05, 0) is 24.1 Å². The van der Waals surface area contributed by atoms with Crippen LogP contribution in [0.3, 0.4) is 0 Å². The van der Waals surface area contributed by atoms with Gasteiger partial charge in [0.1, 0.15) is 0 Å². The number of hydrogen-bond donors (Lipinski definition) is 2. The summed E-state index contributed by atoms with van der Waals surface area (Å²) < 4.78 is 10.5. The van der Waals surface area contributed by atoms with E-state index in [-0.39, 0.29) is 31.1 Å². The van der Waals surface area contributed by atoms with E-state index in [4.69, 9.17) is 9.47 Å². The van der Waals surface area contributed by atoms with Crippen molar-refractivity contribution in [3.63, 3.8) is 0 Å². The lowest BCUT2D eigenvalue weighted by atomic mass is 10.0. The van der Waals surface area contributed by atoms with Crippen LogP contribution in [0, 0.1) is 5.92 Å². The Morgan fingerprint density at radius 3 is 2.64 bits per heavy atom. The van der Waals surface area contributed by atoms with Gasteiger partial charge < -0.3 is 20.1 Å². The van der Waals surface area contributed by atoms with Gasteiger partial charge in [0.05, 0.1) is 6.54 Å². The zero-order valence-corrected chi connectivity index (χ0v) is 14.0. The molecule has 6 heteroatoms. The van der Waals surface area contributed by atoms with Crippen LogP contribution >= 0.6 is 0 Å². The molecule has 1 aliphatic heterocycles. The molecule has 0 saturated carbocycles. The standard InChI is InChI=1S/C19H20N2O4/c1-13(9-14-5-3-2-4-6-14)19(23)20-11-18(22)21-15-7-8-16-17(10-15)25-12-24-16/h2-8,10,13H,9,11-12H2,1H3,(H,20,23)(H,21,22). The van der Waals surface area contributed by atoms with Crippen LogP contribution in [0.1, 0.15) is 12.5 Å². The van der Waals surface area contributed by atoms with Crippen LogP contribution in [0.25, 0.3) is 0 Å². The molecule has 1 heterocycles. The average Bonchev–Trinajstić information content (AvgIpc) is 3.08. The maximum absolute atomic E-state index is 12.1. The smallest absolute Gasteiger partial charge is 0.243 e. The molecule has 0 aliphatic carbocycles. The van der Waals surface area contributed by atoms with Crippen molar-refractivity contribution < 1.29 is 19.1 Å². The molecule has 130 valence electrons. The molecule has 25 heavy (non-hydrogen) atoms. The second-order valence-electron chi connectivity index (χ2n) is 5.92. The number of amides is 2. The summed E-state index contributed by atoms with van der Waals surface area (Å²) in [7, 11) is 0. The minimum atomic E-state index is -0.292. The minimum Gasteiger partial charge on any atom is -0.454 e. The van der Waals surface area contributed by atoms with Crippen LogP contribution in [0.15, 0.2) is 48.5 Å². The lowest BCUT2D eigenvalue weighted by Gasteiger charge is -2.12. The number of benzene rings is 2. The Balaban J connectivity index is 1.46. The molecule has 2 N–H and O–H groups in total. The minimum absolute atomic E-state index is 0.0770. The maximum Gasteiger partial charge on any atom is 0.243 e. The number of nitrogens with one attached hydrogen (secondary N) is 2. The molecule has 2 aromatic rings. The zero-order valence-electron chi connectivity index (χ0n) is 14.0. The molecule has 1 aliphatic rings. The third-order valence-electron chi connectivity index (χ3n) is 3.91. The molecule has 2 amide bonds. The molecular formula is C19H20N2O4. The highest BCUT2D eigenvalue weighted by Crippen LogP contribution is 2.34. The topological polar surface area (TPSA) is 76.7 Å². The molecule has 0 saturated heterocycles. The third kappa shape index (κ3) is 4.50. The fraction of sp³-hybridized carbons (Fsp3) is 0.263. The second kappa shape index (κ2) is 7.70. The van der Waals surface area contributed by atoms with Crippen molar-refractivity contribution in [1.82, 2.24) is 5.32 Å². The van der Waals surface area contributed by atoms with Crippen LogP contribution in [0.4, 0.5) is 5.69 Å². The lowest BCUT2D eigenvalue weighted by molar-refractivity contribution is -0.126. The molecule has 0 radical (unpaired) electrons. The van der Waals surface area contributed by atoms with Crippen molar-refractivity contribution in [1.29, 1.82) is 0 Å². The van der Waals surface area contributed by atoms with E-state index in [0.29, 0.717) is 23.6 Å². The van der Waals surface area contributed by atoms with Crippen molar-refractivity contribution in [2.75, 3.05) is 18.7 Å². The fourth-order valence-electron chi connectivity index (χ4n) is 2.58. The van der Waals surface area contributed by atoms with E-state index in [2.05, 4.69) is 10.6 Å². The van der Waals surface area contributed by atoms with Crippen molar-refractivity contribution in [2.24, 2.45) is 5.92 Å². The summed E-state index contributed by atoms with van der Waals surface area (Å²) in [5.41, 5.74) is 1.69. The first-order valence-electron chi connectivity index (χ1n) is 8.13. The molecule has 0 bridgehead atoms. The summed E-state index contributed by atoms with van der Waals surface area (Å²) in [6.07, 6.45) is 0.635.